The highest BCUT2D eigenvalue weighted by Gasteiger charge is 2.11. The monoisotopic (exact) mass is 450 g/mol. The zero-order valence-electron chi connectivity index (χ0n) is 14.6. The molecule has 1 fully saturated rings. The second-order valence-corrected chi connectivity index (χ2v) is 9.50. The smallest absolute Gasteiger partial charge is 0.225 e. The van der Waals surface area contributed by atoms with E-state index in [4.69, 9.17) is 0 Å². The van der Waals surface area contributed by atoms with Gasteiger partial charge in [-0.2, -0.15) is 11.8 Å². The molecule has 1 aliphatic rings. The van der Waals surface area contributed by atoms with E-state index in [1.54, 1.807) is 11.8 Å². The number of amides is 1. The minimum atomic E-state index is 0.0705. The molecule has 1 amide bonds. The topological polar surface area (TPSA) is 32.3 Å². The molecule has 0 aliphatic carbocycles. The summed E-state index contributed by atoms with van der Waals surface area (Å²) in [7, 11) is 0. The predicted molar refractivity (Wildman–Crippen MR) is 117 cm³/mol. The number of nitrogens with one attached hydrogen (secondary N) is 1. The van der Waals surface area contributed by atoms with E-state index in [0.29, 0.717) is 6.42 Å². The molecule has 3 nitrogen and oxygen atoms in total. The molecule has 0 spiro atoms. The lowest BCUT2D eigenvalue weighted by molar-refractivity contribution is -0.115. The maximum atomic E-state index is 12.2. The maximum absolute atomic E-state index is 12.2. The fraction of sp³-hybridized carbons (Fsp3) is 0.350. The first-order chi connectivity index (χ1) is 12.7. The van der Waals surface area contributed by atoms with Crippen molar-refractivity contribution in [2.75, 3.05) is 35.7 Å². The molecule has 0 bridgehead atoms. The van der Waals surface area contributed by atoms with Crippen molar-refractivity contribution >= 4 is 51.0 Å². The number of thioether (sulfide) groups is 2. The molecule has 1 N–H and O–H groups in total. The summed E-state index contributed by atoms with van der Waals surface area (Å²) in [5.74, 6) is 3.28. The summed E-state index contributed by atoms with van der Waals surface area (Å²) < 4.78 is 1.07. The van der Waals surface area contributed by atoms with Crippen LogP contribution in [0, 0.1) is 0 Å². The van der Waals surface area contributed by atoms with Crippen molar-refractivity contribution in [3.05, 3.63) is 58.6 Å². The van der Waals surface area contributed by atoms with Gasteiger partial charge in [0, 0.05) is 58.4 Å². The van der Waals surface area contributed by atoms with Crippen LogP contribution in [0.25, 0.3) is 0 Å². The summed E-state index contributed by atoms with van der Waals surface area (Å²) in [5, 5.41) is 3.03. The molecule has 0 atom stereocenters. The lowest BCUT2D eigenvalue weighted by atomic mass is 10.2. The van der Waals surface area contributed by atoms with E-state index in [1.807, 2.05) is 36.0 Å². The Labute approximate surface area is 172 Å². The number of carbonyl (C=O) groups excluding carboxylic acids is 1. The molecule has 1 aliphatic heterocycles. The Morgan fingerprint density at radius 3 is 2.69 bits per heavy atom. The highest BCUT2D eigenvalue weighted by Crippen LogP contribution is 2.21. The van der Waals surface area contributed by atoms with E-state index in [1.165, 1.54) is 22.0 Å². The fourth-order valence-electron chi connectivity index (χ4n) is 2.78. The van der Waals surface area contributed by atoms with E-state index in [0.717, 1.165) is 35.5 Å². The lowest BCUT2D eigenvalue weighted by Crippen LogP contribution is -2.31. The zero-order valence-corrected chi connectivity index (χ0v) is 17.8. The molecule has 0 unspecified atom stereocenters. The van der Waals surface area contributed by atoms with Crippen LogP contribution in [0.15, 0.2) is 57.9 Å². The highest BCUT2D eigenvalue weighted by molar-refractivity contribution is 9.10. The van der Waals surface area contributed by atoms with Gasteiger partial charge in [-0.1, -0.05) is 28.1 Å². The Hall–Kier alpha value is -0.950. The van der Waals surface area contributed by atoms with Gasteiger partial charge in [0.2, 0.25) is 5.91 Å². The fourth-order valence-corrected chi connectivity index (χ4v) is 4.88. The Morgan fingerprint density at radius 2 is 1.92 bits per heavy atom. The Bertz CT molecular complexity index is 718. The number of hydrogen-bond acceptors (Lipinski definition) is 4. The molecule has 3 rings (SSSR count). The average molecular weight is 451 g/mol. The van der Waals surface area contributed by atoms with E-state index in [2.05, 4.69) is 50.4 Å². The Kier molecular flexibility index (Phi) is 7.92. The molecular formula is C20H23BrN2OS2. The van der Waals surface area contributed by atoms with Crippen LogP contribution in [-0.2, 0) is 11.3 Å². The first-order valence-corrected chi connectivity index (χ1v) is 11.7. The second-order valence-electron chi connectivity index (χ2n) is 6.19. The van der Waals surface area contributed by atoms with Crippen LogP contribution in [0.3, 0.4) is 0 Å². The van der Waals surface area contributed by atoms with E-state index >= 15 is 0 Å². The lowest BCUT2D eigenvalue weighted by Gasteiger charge is -2.26. The van der Waals surface area contributed by atoms with Gasteiger partial charge in [-0.15, -0.1) is 11.8 Å². The number of carbonyl (C=O) groups is 1. The van der Waals surface area contributed by atoms with Crippen LogP contribution >= 0.6 is 39.5 Å². The van der Waals surface area contributed by atoms with Crippen LogP contribution in [0.5, 0.6) is 0 Å². The van der Waals surface area contributed by atoms with Crippen molar-refractivity contribution in [3.63, 3.8) is 0 Å². The van der Waals surface area contributed by atoms with Crippen molar-refractivity contribution in [2.24, 2.45) is 0 Å². The van der Waals surface area contributed by atoms with Crippen molar-refractivity contribution < 1.29 is 4.79 Å². The quantitative estimate of drug-likeness (QED) is 0.593. The van der Waals surface area contributed by atoms with Gasteiger partial charge in [0.1, 0.15) is 0 Å². The number of halogens is 1. The standard InChI is InChI=1S/C20H23BrN2OS2/c21-17-4-6-19(7-5-17)26-11-8-20(24)22-18-3-1-2-16(14-18)15-23-9-12-25-13-10-23/h1-7,14H,8-13,15H2,(H,22,24). The molecule has 2 aromatic rings. The number of benzene rings is 2. The molecule has 26 heavy (non-hydrogen) atoms. The first-order valence-electron chi connectivity index (χ1n) is 8.76. The third-order valence-electron chi connectivity index (χ3n) is 4.13. The highest BCUT2D eigenvalue weighted by atomic mass is 79.9. The van der Waals surface area contributed by atoms with Crippen molar-refractivity contribution in [1.82, 2.24) is 4.90 Å². The van der Waals surface area contributed by atoms with Gasteiger partial charge < -0.3 is 5.32 Å². The largest absolute Gasteiger partial charge is 0.326 e. The molecule has 0 radical (unpaired) electrons. The molecule has 1 heterocycles. The molecule has 138 valence electrons. The summed E-state index contributed by atoms with van der Waals surface area (Å²) in [6.45, 7) is 3.26. The van der Waals surface area contributed by atoms with Crippen LogP contribution in [0.4, 0.5) is 5.69 Å². The zero-order chi connectivity index (χ0) is 18.2. The summed E-state index contributed by atoms with van der Waals surface area (Å²) in [6.07, 6.45) is 0.508. The summed E-state index contributed by atoms with van der Waals surface area (Å²) in [6, 6.07) is 16.4. The van der Waals surface area contributed by atoms with Gasteiger partial charge in [-0.3, -0.25) is 9.69 Å². The van der Waals surface area contributed by atoms with Gasteiger partial charge in [0.25, 0.3) is 0 Å². The molecule has 1 saturated heterocycles. The second kappa shape index (κ2) is 10.4. The van der Waals surface area contributed by atoms with Crippen molar-refractivity contribution in [1.29, 1.82) is 0 Å². The van der Waals surface area contributed by atoms with Gasteiger partial charge in [0.05, 0.1) is 0 Å². The minimum absolute atomic E-state index is 0.0705. The summed E-state index contributed by atoms with van der Waals surface area (Å²) in [4.78, 5) is 15.9. The van der Waals surface area contributed by atoms with Gasteiger partial charge in [-0.05, 0) is 42.0 Å². The van der Waals surface area contributed by atoms with Gasteiger partial charge in [-0.25, -0.2) is 0 Å². The summed E-state index contributed by atoms with van der Waals surface area (Å²) in [5.41, 5.74) is 2.16. The number of rotatable bonds is 7. The van der Waals surface area contributed by atoms with E-state index in [-0.39, 0.29) is 5.91 Å². The molecular weight excluding hydrogens is 428 g/mol. The molecule has 0 aromatic heterocycles. The maximum Gasteiger partial charge on any atom is 0.225 e. The van der Waals surface area contributed by atoms with Gasteiger partial charge >= 0.3 is 0 Å². The molecule has 2 aromatic carbocycles. The third kappa shape index (κ3) is 6.65. The number of hydrogen-bond donors (Lipinski definition) is 1. The van der Waals surface area contributed by atoms with E-state index < -0.39 is 0 Å². The van der Waals surface area contributed by atoms with Gasteiger partial charge in [0.15, 0.2) is 0 Å². The minimum Gasteiger partial charge on any atom is -0.326 e. The first kappa shape index (κ1) is 19.8. The molecule has 6 heteroatoms. The predicted octanol–water partition coefficient (Wildman–Crippen LogP) is 5.12. The van der Waals surface area contributed by atoms with Crippen LogP contribution < -0.4 is 5.32 Å². The van der Waals surface area contributed by atoms with Crippen molar-refractivity contribution in [3.8, 4) is 0 Å². The number of anilines is 1. The summed E-state index contributed by atoms with van der Waals surface area (Å²) >= 11 is 7.16. The Balaban J connectivity index is 1.44. The Morgan fingerprint density at radius 1 is 1.15 bits per heavy atom. The number of nitrogens with zero attached hydrogens (tertiary/aromatic N) is 1. The molecule has 0 saturated carbocycles. The normalized spacial score (nSPS) is 15.0. The van der Waals surface area contributed by atoms with Crippen LogP contribution in [-0.4, -0.2) is 41.2 Å². The van der Waals surface area contributed by atoms with Crippen LogP contribution in [0.2, 0.25) is 0 Å². The average Bonchev–Trinajstić information content (AvgIpc) is 2.64. The third-order valence-corrected chi connectivity index (χ3v) is 6.62. The van der Waals surface area contributed by atoms with E-state index in [9.17, 15) is 4.79 Å². The van der Waals surface area contributed by atoms with Crippen molar-refractivity contribution in [2.45, 2.75) is 17.9 Å². The SMILES string of the molecule is O=C(CCSc1ccc(Br)cc1)Nc1cccc(CN2CCSCC2)c1. The van der Waals surface area contributed by atoms with Crippen LogP contribution in [0.1, 0.15) is 12.0 Å².